The van der Waals surface area contributed by atoms with Gasteiger partial charge in [-0.2, -0.15) is 4.31 Å². The van der Waals surface area contributed by atoms with Gasteiger partial charge in [0, 0.05) is 7.05 Å². The van der Waals surface area contributed by atoms with Gasteiger partial charge < -0.3 is 9.84 Å². The fraction of sp³-hybridized carbons (Fsp3) is 0.278. The van der Waals surface area contributed by atoms with Gasteiger partial charge in [-0.1, -0.05) is 48.0 Å². The predicted molar refractivity (Wildman–Crippen MR) is 93.3 cm³/mol. The van der Waals surface area contributed by atoms with Crippen molar-refractivity contribution in [1.29, 1.82) is 0 Å². The summed E-state index contributed by atoms with van der Waals surface area (Å²) in [6.07, 6.45) is -1.65. The van der Waals surface area contributed by atoms with Gasteiger partial charge in [0.05, 0.1) is 18.0 Å². The van der Waals surface area contributed by atoms with Gasteiger partial charge in [-0.15, -0.1) is 0 Å². The number of hydrogen-bond donors (Lipinski definition) is 1. The van der Waals surface area contributed by atoms with Crippen molar-refractivity contribution in [2.75, 3.05) is 14.2 Å². The van der Waals surface area contributed by atoms with E-state index in [0.29, 0.717) is 5.56 Å². The molecule has 134 valence electrons. The van der Waals surface area contributed by atoms with Crippen molar-refractivity contribution < 1.29 is 23.1 Å². The molecule has 0 spiro atoms. The summed E-state index contributed by atoms with van der Waals surface area (Å²) in [4.78, 5) is 11.9. The number of ether oxygens (including phenoxy) is 1. The zero-order valence-corrected chi connectivity index (χ0v) is 15.1. The normalized spacial score (nSPS) is 14.1. The van der Waals surface area contributed by atoms with Gasteiger partial charge in [-0.3, -0.25) is 0 Å². The summed E-state index contributed by atoms with van der Waals surface area (Å²) in [5, 5.41) is 10.4. The maximum absolute atomic E-state index is 12.9. The highest BCUT2D eigenvalue weighted by atomic mass is 32.2. The highest BCUT2D eigenvalue weighted by Gasteiger charge is 2.37. The molecule has 0 amide bonds. The summed E-state index contributed by atoms with van der Waals surface area (Å²) in [5.41, 5.74) is 1.41. The van der Waals surface area contributed by atoms with Crippen molar-refractivity contribution in [3.8, 4) is 0 Å². The monoisotopic (exact) mass is 363 g/mol. The smallest absolute Gasteiger partial charge is 0.336 e. The molecular formula is C18H21NO5S. The van der Waals surface area contributed by atoms with E-state index < -0.39 is 28.1 Å². The lowest BCUT2D eigenvalue weighted by molar-refractivity contribution is -0.153. The molecule has 0 saturated carbocycles. The van der Waals surface area contributed by atoms with E-state index in [2.05, 4.69) is 4.74 Å². The summed E-state index contributed by atoms with van der Waals surface area (Å²) in [7, 11) is -1.45. The van der Waals surface area contributed by atoms with Crippen molar-refractivity contribution in [2.45, 2.75) is 24.0 Å². The van der Waals surface area contributed by atoms with Crippen LogP contribution < -0.4 is 0 Å². The number of aliphatic hydroxyl groups excluding tert-OH is 1. The molecule has 0 unspecified atom stereocenters. The molecule has 1 N–H and O–H groups in total. The fourth-order valence-corrected chi connectivity index (χ4v) is 3.87. The average molecular weight is 363 g/mol. The molecule has 0 radical (unpaired) electrons. The number of carbonyl (C=O) groups excluding carboxylic acids is 1. The fourth-order valence-electron chi connectivity index (χ4n) is 2.52. The molecule has 0 fully saturated rings. The number of rotatable bonds is 6. The Bertz CT molecular complexity index is 818. The van der Waals surface area contributed by atoms with E-state index in [1.54, 1.807) is 42.5 Å². The van der Waals surface area contributed by atoms with Crippen molar-refractivity contribution in [3.05, 3.63) is 65.7 Å². The molecule has 0 heterocycles. The van der Waals surface area contributed by atoms with Gasteiger partial charge >= 0.3 is 5.97 Å². The number of hydrogen-bond acceptors (Lipinski definition) is 5. The molecule has 2 aromatic rings. The second kappa shape index (κ2) is 7.77. The molecule has 2 atom stereocenters. The van der Waals surface area contributed by atoms with Gasteiger partial charge in [0.25, 0.3) is 0 Å². The Hall–Kier alpha value is -2.22. The SMILES string of the molecule is COC(=O)[C@H](O)[C@@H](c1ccccc1)N(C)S(=O)(=O)c1ccc(C)cc1. The van der Waals surface area contributed by atoms with Crippen LogP contribution in [0.1, 0.15) is 17.2 Å². The molecule has 7 heteroatoms. The maximum atomic E-state index is 12.9. The van der Waals surface area contributed by atoms with Crippen molar-refractivity contribution in [2.24, 2.45) is 0 Å². The zero-order valence-electron chi connectivity index (χ0n) is 14.3. The number of aryl methyl sites for hydroxylation is 1. The Morgan fingerprint density at radius 2 is 1.64 bits per heavy atom. The van der Waals surface area contributed by atoms with E-state index in [0.717, 1.165) is 17.0 Å². The van der Waals surface area contributed by atoms with Gasteiger partial charge in [0.15, 0.2) is 6.10 Å². The second-order valence-electron chi connectivity index (χ2n) is 5.66. The van der Waals surface area contributed by atoms with E-state index in [1.165, 1.54) is 19.2 Å². The molecule has 6 nitrogen and oxygen atoms in total. The standard InChI is InChI=1S/C18H21NO5S/c1-13-9-11-15(12-10-13)25(22,23)19(2)16(17(20)18(21)24-3)14-7-5-4-6-8-14/h4-12,16-17,20H,1-3H3/t16-,17-/m1/s1. The summed E-state index contributed by atoms with van der Waals surface area (Å²) < 4.78 is 31.5. The van der Waals surface area contributed by atoms with E-state index in [4.69, 9.17) is 0 Å². The lowest BCUT2D eigenvalue weighted by Crippen LogP contribution is -2.42. The number of esters is 1. The lowest BCUT2D eigenvalue weighted by Gasteiger charge is -2.30. The summed E-state index contributed by atoms with van der Waals surface area (Å²) >= 11 is 0. The minimum absolute atomic E-state index is 0.0820. The van der Waals surface area contributed by atoms with Gasteiger partial charge in [0.1, 0.15) is 0 Å². The van der Waals surface area contributed by atoms with E-state index in [9.17, 15) is 18.3 Å². The summed E-state index contributed by atoms with van der Waals surface area (Å²) in [6, 6.07) is 13.7. The van der Waals surface area contributed by atoms with Crippen LogP contribution in [0.2, 0.25) is 0 Å². The van der Waals surface area contributed by atoms with Crippen LogP contribution in [0.3, 0.4) is 0 Å². The molecule has 25 heavy (non-hydrogen) atoms. The number of sulfonamides is 1. The van der Waals surface area contributed by atoms with Crippen LogP contribution >= 0.6 is 0 Å². The van der Waals surface area contributed by atoms with Crippen LogP contribution in [0.5, 0.6) is 0 Å². The van der Waals surface area contributed by atoms with Crippen LogP contribution in [0, 0.1) is 6.92 Å². The largest absolute Gasteiger partial charge is 0.467 e. The van der Waals surface area contributed by atoms with Crippen LogP contribution in [-0.2, 0) is 19.6 Å². The van der Waals surface area contributed by atoms with Crippen molar-refractivity contribution in [3.63, 3.8) is 0 Å². The first kappa shape index (κ1) is 19.1. The summed E-state index contributed by atoms with van der Waals surface area (Å²) in [5.74, 6) is -0.903. The van der Waals surface area contributed by atoms with Crippen molar-refractivity contribution >= 4 is 16.0 Å². The molecule has 0 bridgehead atoms. The summed E-state index contributed by atoms with van der Waals surface area (Å²) in [6.45, 7) is 1.86. The molecule has 0 aromatic heterocycles. The molecule has 0 aliphatic carbocycles. The van der Waals surface area contributed by atoms with Crippen molar-refractivity contribution in [1.82, 2.24) is 4.31 Å². The quantitative estimate of drug-likeness (QED) is 0.793. The van der Waals surface area contributed by atoms with E-state index in [1.807, 2.05) is 6.92 Å². The number of likely N-dealkylation sites (N-methyl/N-ethyl adjacent to an activating group) is 1. The topological polar surface area (TPSA) is 83.9 Å². The third-order valence-corrected chi connectivity index (χ3v) is 5.83. The maximum Gasteiger partial charge on any atom is 0.336 e. The first-order valence-electron chi connectivity index (χ1n) is 7.64. The molecule has 2 rings (SSSR count). The Kier molecular flexibility index (Phi) is 5.94. The Morgan fingerprint density at radius 1 is 1.08 bits per heavy atom. The number of carbonyl (C=O) groups is 1. The Balaban J connectivity index is 2.49. The number of benzene rings is 2. The van der Waals surface area contributed by atoms with E-state index in [-0.39, 0.29) is 4.90 Å². The molecular weight excluding hydrogens is 342 g/mol. The Morgan fingerprint density at radius 3 is 2.16 bits per heavy atom. The third-order valence-electron chi connectivity index (χ3n) is 3.97. The number of aliphatic hydroxyl groups is 1. The minimum atomic E-state index is -3.92. The second-order valence-corrected chi connectivity index (χ2v) is 7.66. The third kappa shape index (κ3) is 4.07. The lowest BCUT2D eigenvalue weighted by atomic mass is 10.0. The first-order valence-corrected chi connectivity index (χ1v) is 9.08. The predicted octanol–water partition coefficient (Wildman–Crippen LogP) is 1.89. The molecule has 0 saturated heterocycles. The highest BCUT2D eigenvalue weighted by Crippen LogP contribution is 2.29. The number of methoxy groups -OCH3 is 1. The van der Waals surface area contributed by atoms with Gasteiger partial charge in [-0.05, 0) is 24.6 Å². The average Bonchev–Trinajstić information content (AvgIpc) is 2.62. The van der Waals surface area contributed by atoms with Crippen LogP contribution in [0.25, 0.3) is 0 Å². The van der Waals surface area contributed by atoms with Crippen LogP contribution in [0.4, 0.5) is 0 Å². The van der Waals surface area contributed by atoms with Gasteiger partial charge in [0.2, 0.25) is 10.0 Å². The zero-order chi connectivity index (χ0) is 18.6. The van der Waals surface area contributed by atoms with E-state index >= 15 is 0 Å². The number of nitrogens with zero attached hydrogens (tertiary/aromatic N) is 1. The van der Waals surface area contributed by atoms with Crippen LogP contribution in [-0.4, -0.2) is 44.1 Å². The minimum Gasteiger partial charge on any atom is -0.467 e. The van der Waals surface area contributed by atoms with Gasteiger partial charge in [-0.25, -0.2) is 13.2 Å². The highest BCUT2D eigenvalue weighted by molar-refractivity contribution is 7.89. The molecule has 2 aromatic carbocycles. The van der Waals surface area contributed by atoms with Crippen LogP contribution in [0.15, 0.2) is 59.5 Å². The first-order chi connectivity index (χ1) is 11.8. The Labute approximate surface area is 147 Å². The molecule has 0 aliphatic heterocycles. The molecule has 0 aliphatic rings.